The molecule has 1 rings (SSSR count). The second-order valence-corrected chi connectivity index (χ2v) is 5.66. The molecule has 17 heavy (non-hydrogen) atoms. The zero-order valence-electron chi connectivity index (χ0n) is 11.0. The lowest BCUT2D eigenvalue weighted by Crippen LogP contribution is -2.50. The smallest absolute Gasteiger partial charge is 0.410 e. The monoisotopic (exact) mass is 242 g/mol. The molecule has 2 atom stereocenters. The number of piperidine rings is 1. The van der Waals surface area contributed by atoms with Gasteiger partial charge in [-0.3, -0.25) is 4.79 Å². The summed E-state index contributed by atoms with van der Waals surface area (Å²) in [6.07, 6.45) is 1.17. The zero-order valence-corrected chi connectivity index (χ0v) is 11.0. The minimum atomic E-state index is -0.517. The Morgan fingerprint density at radius 1 is 1.29 bits per heavy atom. The summed E-state index contributed by atoms with van der Waals surface area (Å²) in [6.45, 7) is 7.80. The van der Waals surface area contributed by atoms with Gasteiger partial charge in [0, 0.05) is 12.6 Å². The van der Waals surface area contributed by atoms with Crippen LogP contribution >= 0.6 is 0 Å². The van der Waals surface area contributed by atoms with Gasteiger partial charge in [-0.25, -0.2) is 4.79 Å². The molecular formula is C12H22N2O3. The van der Waals surface area contributed by atoms with Crippen molar-refractivity contribution in [1.82, 2.24) is 4.90 Å². The number of hydrogen-bond donors (Lipinski definition) is 1. The molecule has 5 nitrogen and oxygen atoms in total. The van der Waals surface area contributed by atoms with E-state index < -0.39 is 5.60 Å². The number of likely N-dealkylation sites (tertiary alicyclic amines) is 1. The summed E-state index contributed by atoms with van der Waals surface area (Å²) in [6, 6.07) is 0.0976. The maximum absolute atomic E-state index is 11.9. The molecular weight excluding hydrogens is 220 g/mol. The second kappa shape index (κ2) is 4.94. The second-order valence-electron chi connectivity index (χ2n) is 5.66. The highest BCUT2D eigenvalue weighted by Crippen LogP contribution is 2.23. The normalized spacial score (nSPS) is 25.5. The SMILES string of the molecule is C[C@H]1CC[C@H](C(N)=O)CN1C(=O)OC(C)(C)C. The van der Waals surface area contributed by atoms with Crippen LogP contribution in [0.15, 0.2) is 0 Å². The third-order valence-electron chi connectivity index (χ3n) is 2.91. The summed E-state index contributed by atoms with van der Waals surface area (Å²) in [5.74, 6) is -0.593. The molecule has 1 aliphatic heterocycles. The first-order valence-corrected chi connectivity index (χ1v) is 5.99. The van der Waals surface area contributed by atoms with E-state index in [4.69, 9.17) is 10.5 Å². The number of carbonyl (C=O) groups is 2. The van der Waals surface area contributed by atoms with Crippen LogP contribution < -0.4 is 5.73 Å². The Morgan fingerprint density at radius 2 is 1.88 bits per heavy atom. The van der Waals surface area contributed by atoms with Crippen molar-refractivity contribution in [2.24, 2.45) is 11.7 Å². The quantitative estimate of drug-likeness (QED) is 0.757. The first-order valence-electron chi connectivity index (χ1n) is 5.99. The van der Waals surface area contributed by atoms with Crippen LogP contribution in [0.4, 0.5) is 4.79 Å². The van der Waals surface area contributed by atoms with Crippen molar-refractivity contribution in [2.45, 2.75) is 52.2 Å². The van der Waals surface area contributed by atoms with E-state index in [1.807, 2.05) is 27.7 Å². The maximum atomic E-state index is 11.9. The van der Waals surface area contributed by atoms with Gasteiger partial charge in [0.05, 0.1) is 5.92 Å². The number of hydrogen-bond acceptors (Lipinski definition) is 3. The molecule has 0 aromatic heterocycles. The van der Waals surface area contributed by atoms with Crippen molar-refractivity contribution in [3.63, 3.8) is 0 Å². The highest BCUT2D eigenvalue weighted by molar-refractivity contribution is 5.78. The fourth-order valence-corrected chi connectivity index (χ4v) is 1.91. The molecule has 1 fully saturated rings. The number of ether oxygens (including phenoxy) is 1. The topological polar surface area (TPSA) is 72.6 Å². The van der Waals surface area contributed by atoms with Crippen molar-refractivity contribution in [3.05, 3.63) is 0 Å². The molecule has 1 saturated heterocycles. The van der Waals surface area contributed by atoms with Gasteiger partial charge >= 0.3 is 6.09 Å². The van der Waals surface area contributed by atoms with E-state index in [1.165, 1.54) is 0 Å². The third kappa shape index (κ3) is 3.91. The number of nitrogens with two attached hydrogens (primary N) is 1. The predicted octanol–water partition coefficient (Wildman–Crippen LogP) is 1.51. The van der Waals surface area contributed by atoms with Gasteiger partial charge in [-0.05, 0) is 40.5 Å². The molecule has 0 saturated carbocycles. The average Bonchev–Trinajstić information content (AvgIpc) is 2.14. The molecule has 0 radical (unpaired) electrons. The molecule has 2 N–H and O–H groups in total. The Labute approximate surface area is 102 Å². The molecule has 5 heteroatoms. The third-order valence-corrected chi connectivity index (χ3v) is 2.91. The lowest BCUT2D eigenvalue weighted by atomic mass is 9.93. The molecule has 98 valence electrons. The van der Waals surface area contributed by atoms with Crippen LogP contribution in [0.1, 0.15) is 40.5 Å². The number of rotatable bonds is 1. The van der Waals surface area contributed by atoms with Gasteiger partial charge < -0.3 is 15.4 Å². The van der Waals surface area contributed by atoms with Gasteiger partial charge in [0.2, 0.25) is 5.91 Å². The molecule has 2 amide bonds. The summed E-state index contributed by atoms with van der Waals surface area (Å²) >= 11 is 0. The fourth-order valence-electron chi connectivity index (χ4n) is 1.91. The standard InChI is InChI=1S/C12H22N2O3/c1-8-5-6-9(10(13)15)7-14(8)11(16)17-12(2,3)4/h8-9H,5-7H2,1-4H3,(H2,13,15)/t8-,9-/m0/s1. The van der Waals surface area contributed by atoms with E-state index in [2.05, 4.69) is 0 Å². The van der Waals surface area contributed by atoms with Crippen molar-refractivity contribution < 1.29 is 14.3 Å². The summed E-state index contributed by atoms with van der Waals surface area (Å²) in [5.41, 5.74) is 4.77. The van der Waals surface area contributed by atoms with Crippen molar-refractivity contribution in [2.75, 3.05) is 6.54 Å². The van der Waals surface area contributed by atoms with E-state index in [1.54, 1.807) is 4.90 Å². The molecule has 0 spiro atoms. The Bertz CT molecular complexity index is 309. The van der Waals surface area contributed by atoms with Gasteiger partial charge in [0.1, 0.15) is 5.60 Å². The van der Waals surface area contributed by atoms with E-state index in [-0.39, 0.29) is 24.0 Å². The Morgan fingerprint density at radius 3 is 2.35 bits per heavy atom. The molecule has 0 aliphatic carbocycles. The molecule has 1 aliphatic rings. The van der Waals surface area contributed by atoms with E-state index >= 15 is 0 Å². The van der Waals surface area contributed by atoms with Crippen LogP contribution in [0, 0.1) is 5.92 Å². The van der Waals surface area contributed by atoms with Crippen molar-refractivity contribution in [3.8, 4) is 0 Å². The molecule has 0 aromatic rings. The van der Waals surface area contributed by atoms with E-state index in [0.717, 1.165) is 12.8 Å². The average molecular weight is 242 g/mol. The number of nitrogens with zero attached hydrogens (tertiary/aromatic N) is 1. The van der Waals surface area contributed by atoms with Gasteiger partial charge in [-0.1, -0.05) is 0 Å². The minimum Gasteiger partial charge on any atom is -0.444 e. The zero-order chi connectivity index (χ0) is 13.2. The van der Waals surface area contributed by atoms with Crippen LogP contribution in [-0.4, -0.2) is 35.1 Å². The molecule has 0 aromatic carbocycles. The van der Waals surface area contributed by atoms with Gasteiger partial charge in [-0.2, -0.15) is 0 Å². The van der Waals surface area contributed by atoms with Gasteiger partial charge in [0.25, 0.3) is 0 Å². The lowest BCUT2D eigenvalue weighted by molar-refractivity contribution is -0.123. The fraction of sp³-hybridized carbons (Fsp3) is 0.833. The van der Waals surface area contributed by atoms with Gasteiger partial charge in [-0.15, -0.1) is 0 Å². The highest BCUT2D eigenvalue weighted by atomic mass is 16.6. The molecule has 1 heterocycles. The number of primary amides is 1. The first kappa shape index (κ1) is 13.8. The van der Waals surface area contributed by atoms with Gasteiger partial charge in [0.15, 0.2) is 0 Å². The maximum Gasteiger partial charge on any atom is 0.410 e. The van der Waals surface area contributed by atoms with Crippen molar-refractivity contribution in [1.29, 1.82) is 0 Å². The summed E-state index contributed by atoms with van der Waals surface area (Å²) < 4.78 is 5.31. The van der Waals surface area contributed by atoms with Crippen LogP contribution in [0.2, 0.25) is 0 Å². The Kier molecular flexibility index (Phi) is 4.01. The van der Waals surface area contributed by atoms with Crippen LogP contribution in [0.3, 0.4) is 0 Å². The Hall–Kier alpha value is -1.26. The highest BCUT2D eigenvalue weighted by Gasteiger charge is 2.33. The minimum absolute atomic E-state index is 0.0976. The van der Waals surface area contributed by atoms with E-state index in [0.29, 0.717) is 6.54 Å². The first-order chi connectivity index (χ1) is 7.70. The molecule has 0 unspecified atom stereocenters. The van der Waals surface area contributed by atoms with E-state index in [9.17, 15) is 9.59 Å². The largest absolute Gasteiger partial charge is 0.444 e. The van der Waals surface area contributed by atoms with Crippen molar-refractivity contribution >= 4 is 12.0 Å². The lowest BCUT2D eigenvalue weighted by Gasteiger charge is -2.37. The predicted molar refractivity (Wildman–Crippen MR) is 64.3 cm³/mol. The summed E-state index contributed by atoms with van der Waals surface area (Å²) in [4.78, 5) is 24.7. The summed E-state index contributed by atoms with van der Waals surface area (Å²) in [5, 5.41) is 0. The number of amides is 2. The summed E-state index contributed by atoms with van der Waals surface area (Å²) in [7, 11) is 0. The Balaban J connectivity index is 2.67. The van der Waals surface area contributed by atoms with Crippen LogP contribution in [-0.2, 0) is 9.53 Å². The van der Waals surface area contributed by atoms with Crippen LogP contribution in [0.5, 0.6) is 0 Å². The number of carbonyl (C=O) groups excluding carboxylic acids is 2. The van der Waals surface area contributed by atoms with Crippen LogP contribution in [0.25, 0.3) is 0 Å². The molecule has 0 bridgehead atoms.